The standard InChI is InChI=1S/C24H34ClNO2/c1-4-5-6-7-8-11-14-26-17-21-15-23(27-3)24(16-22(21)25)28-18-20-13-10-9-12-19(20)2/h9-10,12-13,15-16,26H,4-8,11,14,17-18H2,1-3H3. The van der Waals surface area contributed by atoms with Crippen LogP contribution in [0.5, 0.6) is 11.5 Å². The normalized spacial score (nSPS) is 10.9. The van der Waals surface area contributed by atoms with Crippen LogP contribution >= 0.6 is 11.6 Å². The second kappa shape index (κ2) is 12.7. The van der Waals surface area contributed by atoms with E-state index in [-0.39, 0.29) is 0 Å². The average molecular weight is 404 g/mol. The molecule has 2 rings (SSSR count). The van der Waals surface area contributed by atoms with Crippen molar-refractivity contribution in [2.45, 2.75) is 65.5 Å². The molecule has 0 aliphatic rings. The molecule has 3 nitrogen and oxygen atoms in total. The minimum atomic E-state index is 0.495. The van der Waals surface area contributed by atoms with Crippen LogP contribution in [0.2, 0.25) is 5.02 Å². The number of benzene rings is 2. The molecule has 0 fully saturated rings. The Labute approximate surface area is 175 Å². The van der Waals surface area contributed by atoms with E-state index >= 15 is 0 Å². The first-order chi connectivity index (χ1) is 13.7. The zero-order chi connectivity index (χ0) is 20.2. The van der Waals surface area contributed by atoms with Crippen molar-refractivity contribution in [3.8, 4) is 11.5 Å². The van der Waals surface area contributed by atoms with Gasteiger partial charge in [0.1, 0.15) is 6.61 Å². The van der Waals surface area contributed by atoms with Gasteiger partial charge in [-0.05, 0) is 42.6 Å². The lowest BCUT2D eigenvalue weighted by molar-refractivity contribution is 0.283. The summed E-state index contributed by atoms with van der Waals surface area (Å²) in [7, 11) is 1.66. The number of halogens is 1. The van der Waals surface area contributed by atoms with Crippen LogP contribution in [-0.2, 0) is 13.2 Å². The van der Waals surface area contributed by atoms with Crippen LogP contribution in [-0.4, -0.2) is 13.7 Å². The smallest absolute Gasteiger partial charge is 0.163 e. The topological polar surface area (TPSA) is 30.5 Å². The molecule has 0 aliphatic heterocycles. The van der Waals surface area contributed by atoms with Gasteiger partial charge in [-0.15, -0.1) is 0 Å². The highest BCUT2D eigenvalue weighted by Gasteiger charge is 2.11. The van der Waals surface area contributed by atoms with Gasteiger partial charge >= 0.3 is 0 Å². The van der Waals surface area contributed by atoms with Crippen molar-refractivity contribution in [2.24, 2.45) is 0 Å². The maximum atomic E-state index is 6.49. The van der Waals surface area contributed by atoms with Crippen LogP contribution in [0.4, 0.5) is 0 Å². The Morgan fingerprint density at radius 1 is 0.929 bits per heavy atom. The minimum absolute atomic E-state index is 0.495. The number of hydrogen-bond donors (Lipinski definition) is 1. The molecule has 0 saturated heterocycles. The summed E-state index contributed by atoms with van der Waals surface area (Å²) in [6.45, 7) is 6.58. The molecule has 0 unspecified atom stereocenters. The van der Waals surface area contributed by atoms with Gasteiger partial charge in [0.25, 0.3) is 0 Å². The van der Waals surface area contributed by atoms with Crippen molar-refractivity contribution in [2.75, 3.05) is 13.7 Å². The molecule has 0 aromatic heterocycles. The zero-order valence-corrected chi connectivity index (χ0v) is 18.3. The predicted molar refractivity (Wildman–Crippen MR) is 119 cm³/mol. The fourth-order valence-corrected chi connectivity index (χ4v) is 3.39. The van der Waals surface area contributed by atoms with Gasteiger partial charge < -0.3 is 14.8 Å². The van der Waals surface area contributed by atoms with Crippen molar-refractivity contribution >= 4 is 11.6 Å². The predicted octanol–water partition coefficient (Wildman–Crippen LogP) is 6.69. The van der Waals surface area contributed by atoms with E-state index in [2.05, 4.69) is 31.3 Å². The van der Waals surface area contributed by atoms with Crippen LogP contribution in [0.3, 0.4) is 0 Å². The molecular formula is C24H34ClNO2. The van der Waals surface area contributed by atoms with Gasteiger partial charge in [-0.2, -0.15) is 0 Å². The number of ether oxygens (including phenoxy) is 2. The molecule has 28 heavy (non-hydrogen) atoms. The summed E-state index contributed by atoms with van der Waals surface area (Å²) >= 11 is 6.49. The Kier molecular flexibility index (Phi) is 10.2. The first-order valence-electron chi connectivity index (χ1n) is 10.4. The highest BCUT2D eigenvalue weighted by atomic mass is 35.5. The van der Waals surface area contributed by atoms with E-state index in [1.54, 1.807) is 7.11 Å². The van der Waals surface area contributed by atoms with Gasteiger partial charge in [-0.3, -0.25) is 0 Å². The maximum Gasteiger partial charge on any atom is 0.163 e. The second-order valence-electron chi connectivity index (χ2n) is 7.25. The van der Waals surface area contributed by atoms with E-state index < -0.39 is 0 Å². The lowest BCUT2D eigenvalue weighted by Gasteiger charge is -2.15. The van der Waals surface area contributed by atoms with Gasteiger partial charge in [-0.25, -0.2) is 0 Å². The van der Waals surface area contributed by atoms with Crippen molar-refractivity contribution in [3.05, 3.63) is 58.1 Å². The summed E-state index contributed by atoms with van der Waals surface area (Å²) in [5, 5.41) is 4.19. The Hall–Kier alpha value is -1.71. The molecule has 0 amide bonds. The van der Waals surface area contributed by atoms with E-state index in [0.29, 0.717) is 23.1 Å². The zero-order valence-electron chi connectivity index (χ0n) is 17.5. The summed E-state index contributed by atoms with van der Waals surface area (Å²) in [5.41, 5.74) is 3.40. The fraction of sp³-hybridized carbons (Fsp3) is 0.500. The molecule has 0 spiro atoms. The molecule has 154 valence electrons. The van der Waals surface area contributed by atoms with E-state index in [9.17, 15) is 0 Å². The van der Waals surface area contributed by atoms with E-state index in [1.807, 2.05) is 24.3 Å². The summed E-state index contributed by atoms with van der Waals surface area (Å²) in [4.78, 5) is 0. The molecule has 0 heterocycles. The number of rotatable bonds is 13. The van der Waals surface area contributed by atoms with Crippen molar-refractivity contribution in [1.82, 2.24) is 5.32 Å². The number of unbranched alkanes of at least 4 members (excludes halogenated alkanes) is 5. The second-order valence-corrected chi connectivity index (χ2v) is 7.66. The Bertz CT molecular complexity index is 718. The van der Waals surface area contributed by atoms with Crippen LogP contribution in [0.1, 0.15) is 62.1 Å². The average Bonchev–Trinajstić information content (AvgIpc) is 2.70. The third kappa shape index (κ3) is 7.37. The monoisotopic (exact) mass is 403 g/mol. The third-order valence-corrected chi connectivity index (χ3v) is 5.35. The van der Waals surface area contributed by atoms with E-state index in [4.69, 9.17) is 21.1 Å². The summed E-state index contributed by atoms with van der Waals surface area (Å²) < 4.78 is 11.5. The highest BCUT2D eigenvalue weighted by Crippen LogP contribution is 2.34. The molecule has 0 atom stereocenters. The SMILES string of the molecule is CCCCCCCCNCc1cc(OC)c(OCc2ccccc2C)cc1Cl. The van der Waals surface area contributed by atoms with Gasteiger partial charge in [-0.1, -0.05) is 74.9 Å². The van der Waals surface area contributed by atoms with Gasteiger partial charge in [0.05, 0.1) is 7.11 Å². The first-order valence-corrected chi connectivity index (χ1v) is 10.8. The summed E-state index contributed by atoms with van der Waals surface area (Å²) in [6, 6.07) is 12.0. The molecule has 0 radical (unpaired) electrons. The Morgan fingerprint density at radius 3 is 2.43 bits per heavy atom. The Balaban J connectivity index is 1.85. The molecule has 0 saturated carbocycles. The highest BCUT2D eigenvalue weighted by molar-refractivity contribution is 6.31. The number of methoxy groups -OCH3 is 1. The molecule has 2 aromatic rings. The fourth-order valence-electron chi connectivity index (χ4n) is 3.17. The van der Waals surface area contributed by atoms with E-state index in [1.165, 1.54) is 44.1 Å². The van der Waals surface area contributed by atoms with Gasteiger partial charge in [0, 0.05) is 17.6 Å². The molecule has 1 N–H and O–H groups in total. The maximum absolute atomic E-state index is 6.49. The molecular weight excluding hydrogens is 370 g/mol. The van der Waals surface area contributed by atoms with Crippen LogP contribution in [0, 0.1) is 6.92 Å². The lowest BCUT2D eigenvalue weighted by Crippen LogP contribution is -2.15. The largest absolute Gasteiger partial charge is 0.493 e. The molecule has 0 bridgehead atoms. The number of nitrogens with one attached hydrogen (secondary N) is 1. The molecule has 4 heteroatoms. The van der Waals surface area contributed by atoms with Gasteiger partial charge in [0.15, 0.2) is 11.5 Å². The number of aryl methyl sites for hydroxylation is 1. The third-order valence-electron chi connectivity index (χ3n) is 5.00. The van der Waals surface area contributed by atoms with Crippen molar-refractivity contribution in [3.63, 3.8) is 0 Å². The molecule has 0 aliphatic carbocycles. The van der Waals surface area contributed by atoms with Crippen LogP contribution in [0.25, 0.3) is 0 Å². The quantitative estimate of drug-likeness (QED) is 0.378. The van der Waals surface area contributed by atoms with E-state index in [0.717, 1.165) is 24.2 Å². The molecule has 2 aromatic carbocycles. The number of hydrogen-bond acceptors (Lipinski definition) is 3. The van der Waals surface area contributed by atoms with Gasteiger partial charge in [0.2, 0.25) is 0 Å². The summed E-state index contributed by atoms with van der Waals surface area (Å²) in [5.74, 6) is 1.39. The van der Waals surface area contributed by atoms with Crippen LogP contribution < -0.4 is 14.8 Å². The Morgan fingerprint density at radius 2 is 1.68 bits per heavy atom. The van der Waals surface area contributed by atoms with Crippen molar-refractivity contribution < 1.29 is 9.47 Å². The summed E-state index contributed by atoms with van der Waals surface area (Å²) in [6.07, 6.45) is 7.82. The lowest BCUT2D eigenvalue weighted by atomic mass is 10.1. The van der Waals surface area contributed by atoms with Crippen LogP contribution in [0.15, 0.2) is 36.4 Å². The first kappa shape index (κ1) is 22.6. The van der Waals surface area contributed by atoms with Crippen molar-refractivity contribution in [1.29, 1.82) is 0 Å². The minimum Gasteiger partial charge on any atom is -0.493 e.